The fourth-order valence-corrected chi connectivity index (χ4v) is 8.49. The Balaban J connectivity index is 4.34. The molecular formula is C60H110O6. The van der Waals surface area contributed by atoms with E-state index >= 15 is 0 Å². The van der Waals surface area contributed by atoms with Crippen LogP contribution in [-0.4, -0.2) is 37.2 Å². The lowest BCUT2D eigenvalue weighted by molar-refractivity contribution is -0.167. The third-order valence-corrected chi connectivity index (χ3v) is 12.9. The summed E-state index contributed by atoms with van der Waals surface area (Å²) in [6.45, 7) is 6.64. The summed E-state index contributed by atoms with van der Waals surface area (Å²) in [5.41, 5.74) is 0. The van der Waals surface area contributed by atoms with E-state index in [0.29, 0.717) is 19.3 Å². The summed E-state index contributed by atoms with van der Waals surface area (Å²) in [4.78, 5) is 38.1. The Bertz CT molecular complexity index is 1110. The van der Waals surface area contributed by atoms with Gasteiger partial charge in [-0.1, -0.05) is 256 Å². The molecular weight excluding hydrogens is 817 g/mol. The molecule has 0 rings (SSSR count). The quantitative estimate of drug-likeness (QED) is 0.0199. The molecule has 0 radical (unpaired) electrons. The minimum Gasteiger partial charge on any atom is -0.462 e. The van der Waals surface area contributed by atoms with Gasteiger partial charge in [0.25, 0.3) is 0 Å². The predicted octanol–water partition coefficient (Wildman–Crippen LogP) is 19.3. The summed E-state index contributed by atoms with van der Waals surface area (Å²) < 4.78 is 16.9. The van der Waals surface area contributed by atoms with Gasteiger partial charge in [0.1, 0.15) is 13.2 Å². The first-order chi connectivity index (χ1) is 32.5. The van der Waals surface area contributed by atoms with Gasteiger partial charge in [0, 0.05) is 19.3 Å². The zero-order valence-corrected chi connectivity index (χ0v) is 44.2. The van der Waals surface area contributed by atoms with Gasteiger partial charge < -0.3 is 14.2 Å². The van der Waals surface area contributed by atoms with Crippen molar-refractivity contribution in [2.45, 2.75) is 316 Å². The van der Waals surface area contributed by atoms with Gasteiger partial charge in [-0.25, -0.2) is 0 Å². The number of unbranched alkanes of at least 4 members (excludes halogenated alkanes) is 37. The third-order valence-electron chi connectivity index (χ3n) is 12.9. The Morgan fingerprint density at radius 2 is 0.545 bits per heavy atom. The van der Waals surface area contributed by atoms with Crippen molar-refractivity contribution in [2.75, 3.05) is 13.2 Å². The lowest BCUT2D eigenvalue weighted by atomic mass is 10.0. The second kappa shape index (κ2) is 55.2. The van der Waals surface area contributed by atoms with Gasteiger partial charge in [-0.05, 0) is 70.6 Å². The summed E-state index contributed by atoms with van der Waals surface area (Å²) in [6, 6.07) is 0. The minimum absolute atomic E-state index is 0.0748. The zero-order valence-electron chi connectivity index (χ0n) is 44.2. The first-order valence-corrected chi connectivity index (χ1v) is 29.0. The second-order valence-electron chi connectivity index (χ2n) is 19.6. The van der Waals surface area contributed by atoms with Crippen molar-refractivity contribution in [1.82, 2.24) is 0 Å². The van der Waals surface area contributed by atoms with Gasteiger partial charge in [0.15, 0.2) is 6.10 Å². The largest absolute Gasteiger partial charge is 0.462 e. The molecule has 0 N–H and O–H groups in total. The van der Waals surface area contributed by atoms with Crippen LogP contribution >= 0.6 is 0 Å². The number of carbonyl (C=O) groups excluding carboxylic acids is 3. The molecule has 6 heteroatoms. The molecule has 0 aliphatic carbocycles. The highest BCUT2D eigenvalue weighted by atomic mass is 16.6. The Kier molecular flexibility index (Phi) is 53.2. The number of allylic oxidation sites excluding steroid dienone is 6. The average Bonchev–Trinajstić information content (AvgIpc) is 3.31. The number of hydrogen-bond donors (Lipinski definition) is 0. The van der Waals surface area contributed by atoms with Crippen molar-refractivity contribution < 1.29 is 28.6 Å². The third kappa shape index (κ3) is 52.6. The van der Waals surface area contributed by atoms with Crippen molar-refractivity contribution in [1.29, 1.82) is 0 Å². The molecule has 0 saturated heterocycles. The highest BCUT2D eigenvalue weighted by Gasteiger charge is 2.19. The Labute approximate surface area is 410 Å². The van der Waals surface area contributed by atoms with Gasteiger partial charge in [0.2, 0.25) is 0 Å². The van der Waals surface area contributed by atoms with Crippen molar-refractivity contribution in [3.63, 3.8) is 0 Å². The van der Waals surface area contributed by atoms with Crippen molar-refractivity contribution in [3.8, 4) is 0 Å². The number of esters is 3. The van der Waals surface area contributed by atoms with E-state index in [-0.39, 0.29) is 31.1 Å². The number of hydrogen-bond acceptors (Lipinski definition) is 6. The van der Waals surface area contributed by atoms with Crippen LogP contribution in [0.5, 0.6) is 0 Å². The van der Waals surface area contributed by atoms with Crippen molar-refractivity contribution in [2.24, 2.45) is 0 Å². The highest BCUT2D eigenvalue weighted by molar-refractivity contribution is 5.71. The molecule has 1 atom stereocenters. The van der Waals surface area contributed by atoms with Crippen LogP contribution < -0.4 is 0 Å². The molecule has 1 unspecified atom stereocenters. The monoisotopic (exact) mass is 927 g/mol. The van der Waals surface area contributed by atoms with E-state index < -0.39 is 6.10 Å². The maximum absolute atomic E-state index is 12.8. The molecule has 0 aromatic heterocycles. The van der Waals surface area contributed by atoms with Gasteiger partial charge in [-0.3, -0.25) is 14.4 Å². The molecule has 0 amide bonds. The lowest BCUT2D eigenvalue weighted by Gasteiger charge is -2.18. The molecule has 66 heavy (non-hydrogen) atoms. The van der Waals surface area contributed by atoms with Gasteiger partial charge in [0.05, 0.1) is 0 Å². The molecule has 0 aliphatic rings. The van der Waals surface area contributed by atoms with Crippen LogP contribution in [0.3, 0.4) is 0 Å². The van der Waals surface area contributed by atoms with Gasteiger partial charge in [-0.15, -0.1) is 0 Å². The highest BCUT2D eigenvalue weighted by Crippen LogP contribution is 2.16. The second-order valence-corrected chi connectivity index (χ2v) is 19.6. The maximum atomic E-state index is 12.8. The van der Waals surface area contributed by atoms with Crippen LogP contribution in [-0.2, 0) is 28.6 Å². The molecule has 0 bridgehead atoms. The molecule has 0 aromatic rings. The normalized spacial score (nSPS) is 12.2. The predicted molar refractivity (Wildman–Crippen MR) is 284 cm³/mol. The number of ether oxygens (including phenoxy) is 3. The van der Waals surface area contributed by atoms with Crippen molar-refractivity contribution in [3.05, 3.63) is 36.5 Å². The van der Waals surface area contributed by atoms with Crippen LogP contribution in [0.4, 0.5) is 0 Å². The summed E-state index contributed by atoms with van der Waals surface area (Å²) >= 11 is 0. The summed E-state index contributed by atoms with van der Waals surface area (Å²) in [7, 11) is 0. The zero-order chi connectivity index (χ0) is 47.9. The van der Waals surface area contributed by atoms with Crippen LogP contribution in [0.15, 0.2) is 36.5 Å². The van der Waals surface area contributed by atoms with Gasteiger partial charge in [-0.2, -0.15) is 0 Å². The van der Waals surface area contributed by atoms with Crippen LogP contribution in [0, 0.1) is 0 Å². The molecule has 0 fully saturated rings. The lowest BCUT2D eigenvalue weighted by Crippen LogP contribution is -2.30. The standard InChI is InChI=1S/C60H110O6/c1-4-7-10-13-16-19-22-25-28-29-30-31-33-35-38-41-44-47-50-53-59(62)65-56-57(55-64-58(61)52-49-46-43-40-37-34-27-24-21-18-15-12-9-6-3)66-60(63)54-51-48-45-42-39-36-32-26-23-20-17-14-11-8-5-2/h17,20,23,26,29-30,57H,4-16,18-19,21-22,24-25,27-28,31-56H2,1-3H3/b20-17-,26-23-,30-29-. The van der Waals surface area contributed by atoms with Gasteiger partial charge >= 0.3 is 17.9 Å². The molecule has 386 valence electrons. The van der Waals surface area contributed by atoms with Crippen LogP contribution in [0.1, 0.15) is 310 Å². The first-order valence-electron chi connectivity index (χ1n) is 29.0. The van der Waals surface area contributed by atoms with E-state index in [0.717, 1.165) is 64.2 Å². The Morgan fingerprint density at radius 1 is 0.303 bits per heavy atom. The topological polar surface area (TPSA) is 78.9 Å². The molecule has 0 saturated carbocycles. The van der Waals surface area contributed by atoms with Crippen LogP contribution in [0.25, 0.3) is 0 Å². The smallest absolute Gasteiger partial charge is 0.306 e. The number of rotatable bonds is 53. The van der Waals surface area contributed by atoms with Crippen molar-refractivity contribution >= 4 is 17.9 Å². The molecule has 0 spiro atoms. The Morgan fingerprint density at radius 3 is 0.879 bits per heavy atom. The Hall–Kier alpha value is -2.37. The van der Waals surface area contributed by atoms with Crippen LogP contribution in [0.2, 0.25) is 0 Å². The van der Waals surface area contributed by atoms with E-state index in [4.69, 9.17) is 14.2 Å². The average molecular weight is 928 g/mol. The van der Waals surface area contributed by atoms with E-state index in [1.54, 1.807) is 0 Å². The molecule has 0 aromatic carbocycles. The molecule has 0 aliphatic heterocycles. The summed E-state index contributed by atoms with van der Waals surface area (Å²) in [6.07, 6.45) is 65.6. The first kappa shape index (κ1) is 63.6. The molecule has 0 heterocycles. The van der Waals surface area contributed by atoms with E-state index in [2.05, 4.69) is 57.2 Å². The molecule has 6 nitrogen and oxygen atoms in total. The van der Waals surface area contributed by atoms with E-state index in [1.807, 2.05) is 0 Å². The van der Waals surface area contributed by atoms with E-state index in [9.17, 15) is 14.4 Å². The maximum Gasteiger partial charge on any atom is 0.306 e. The SMILES string of the molecule is CCCCC/C=C\C=C/CCCCCCCCC(=O)OC(COC(=O)CCCCCCCCC/C=C\CCCCCCCCCC)COC(=O)CCCCCCCCCCCCCCCC. The fraction of sp³-hybridized carbons (Fsp3) is 0.850. The summed E-state index contributed by atoms with van der Waals surface area (Å²) in [5, 5.41) is 0. The van der Waals surface area contributed by atoms with E-state index in [1.165, 1.54) is 205 Å². The number of carbonyl (C=O) groups is 3. The fourth-order valence-electron chi connectivity index (χ4n) is 8.49. The minimum atomic E-state index is -0.777. The summed E-state index contributed by atoms with van der Waals surface area (Å²) in [5.74, 6) is -0.874.